The van der Waals surface area contributed by atoms with Gasteiger partial charge in [0, 0.05) is 45.7 Å². The number of rotatable bonds is 13. The summed E-state index contributed by atoms with van der Waals surface area (Å²) in [5.74, 6) is 7.67. The minimum Gasteiger partial charge on any atom is -0.479 e. The van der Waals surface area contributed by atoms with Crippen LogP contribution in [0.3, 0.4) is 0 Å². The van der Waals surface area contributed by atoms with Gasteiger partial charge in [-0.25, -0.2) is 14.6 Å². The number of likely N-dealkylation sites (N-methyl/N-ethyl adjacent to an activating group) is 1. The first-order valence-electron chi connectivity index (χ1n) is 14.9. The van der Waals surface area contributed by atoms with Gasteiger partial charge in [0.05, 0.1) is 36.1 Å². The summed E-state index contributed by atoms with van der Waals surface area (Å²) in [5.41, 5.74) is 2.11. The first kappa shape index (κ1) is 32.2. The number of nitrogens with one attached hydrogen (secondary N) is 3. The van der Waals surface area contributed by atoms with Gasteiger partial charge >= 0.3 is 0 Å². The van der Waals surface area contributed by atoms with Crippen molar-refractivity contribution in [3.8, 4) is 17.7 Å². The number of unbranched alkanes of at least 4 members (excludes halogenated alkanes) is 1. The van der Waals surface area contributed by atoms with Gasteiger partial charge in [-0.3, -0.25) is 9.59 Å². The summed E-state index contributed by atoms with van der Waals surface area (Å²) in [6, 6.07) is 1.48. The topological polar surface area (TPSA) is 142 Å². The largest absolute Gasteiger partial charge is 0.479 e. The summed E-state index contributed by atoms with van der Waals surface area (Å²) in [5, 5.41) is 14.6. The van der Waals surface area contributed by atoms with Crippen LogP contribution in [-0.4, -0.2) is 99.8 Å². The molecule has 0 unspecified atom stereocenters. The van der Waals surface area contributed by atoms with Gasteiger partial charge in [0.25, 0.3) is 0 Å². The Labute approximate surface area is 258 Å². The number of methoxy groups -OCH3 is 1. The highest BCUT2D eigenvalue weighted by atomic mass is 16.5. The number of ether oxygens (including phenoxy) is 1. The Morgan fingerprint density at radius 1 is 1.23 bits per heavy atom. The van der Waals surface area contributed by atoms with E-state index in [-0.39, 0.29) is 11.8 Å². The van der Waals surface area contributed by atoms with Crippen LogP contribution in [0.4, 0.5) is 17.5 Å². The number of aryl methyl sites for hydroxylation is 1. The first-order chi connectivity index (χ1) is 21.3. The zero-order chi connectivity index (χ0) is 31.5. The zero-order valence-electron chi connectivity index (χ0n) is 26.2. The number of anilines is 3. The Morgan fingerprint density at radius 2 is 2.07 bits per heavy atom. The minimum absolute atomic E-state index is 0.108. The van der Waals surface area contributed by atoms with Crippen LogP contribution in [0.1, 0.15) is 44.6 Å². The van der Waals surface area contributed by atoms with Gasteiger partial charge in [-0.1, -0.05) is 24.8 Å². The number of amides is 2. The van der Waals surface area contributed by atoms with E-state index in [1.54, 1.807) is 35.2 Å². The molecule has 1 atom stereocenters. The molecule has 44 heavy (non-hydrogen) atoms. The second kappa shape index (κ2) is 15.7. The third kappa shape index (κ3) is 8.44. The number of aromatic nitrogens is 5. The average Bonchev–Trinajstić information content (AvgIpc) is 3.63. The Morgan fingerprint density at radius 3 is 2.84 bits per heavy atom. The van der Waals surface area contributed by atoms with E-state index >= 15 is 0 Å². The maximum atomic E-state index is 12.8. The number of nitrogens with zero attached hydrogens (tertiary/aromatic N) is 7. The molecule has 0 spiro atoms. The highest BCUT2D eigenvalue weighted by Crippen LogP contribution is 2.26. The van der Waals surface area contributed by atoms with Crippen molar-refractivity contribution in [2.75, 3.05) is 58.0 Å². The lowest BCUT2D eigenvalue weighted by Gasteiger charge is -2.22. The van der Waals surface area contributed by atoms with E-state index in [0.717, 1.165) is 24.8 Å². The predicted octanol–water partition coefficient (Wildman–Crippen LogP) is 2.69. The van der Waals surface area contributed by atoms with Crippen LogP contribution >= 0.6 is 0 Å². The van der Waals surface area contributed by atoms with E-state index in [2.05, 4.69) is 54.8 Å². The second-order valence-corrected chi connectivity index (χ2v) is 10.8. The van der Waals surface area contributed by atoms with Crippen LogP contribution in [-0.2, 0) is 16.6 Å². The highest BCUT2D eigenvalue weighted by Gasteiger charge is 2.32. The van der Waals surface area contributed by atoms with Crippen molar-refractivity contribution < 1.29 is 14.3 Å². The normalized spacial score (nSPS) is 14.6. The summed E-state index contributed by atoms with van der Waals surface area (Å²) >= 11 is 0. The van der Waals surface area contributed by atoms with Crippen LogP contribution in [0.25, 0.3) is 11.0 Å². The molecule has 0 bridgehead atoms. The molecule has 234 valence electrons. The molecule has 1 saturated heterocycles. The molecule has 0 aromatic carbocycles. The fourth-order valence-corrected chi connectivity index (χ4v) is 4.80. The summed E-state index contributed by atoms with van der Waals surface area (Å²) in [7, 11) is 7.28. The summed E-state index contributed by atoms with van der Waals surface area (Å²) < 4.78 is 7.03. The number of carbonyl (C=O) groups excluding carboxylic acids is 2. The van der Waals surface area contributed by atoms with Crippen molar-refractivity contribution in [1.82, 2.24) is 39.8 Å². The van der Waals surface area contributed by atoms with Gasteiger partial charge in [0.15, 0.2) is 5.65 Å². The van der Waals surface area contributed by atoms with E-state index in [1.807, 2.05) is 38.2 Å². The zero-order valence-corrected chi connectivity index (χ0v) is 26.2. The fourth-order valence-electron chi connectivity index (χ4n) is 4.80. The third-order valence-electron chi connectivity index (χ3n) is 7.00. The number of carbonyl (C=O) groups is 2. The summed E-state index contributed by atoms with van der Waals surface area (Å²) in [6.07, 6.45) is 10.5. The molecule has 1 fully saturated rings. The van der Waals surface area contributed by atoms with Gasteiger partial charge < -0.3 is 30.5 Å². The number of fused-ring (bicyclic) bond motifs is 1. The minimum atomic E-state index is -0.418. The lowest BCUT2D eigenvalue weighted by molar-refractivity contribution is -0.135. The number of hydrogen-bond donors (Lipinski definition) is 3. The molecule has 3 aromatic rings. The Bertz CT molecular complexity index is 1540. The highest BCUT2D eigenvalue weighted by molar-refractivity contribution is 5.93. The Hall–Kier alpha value is -4.70. The SMILES string of the molecule is CCCNc1nc(Nc2cnc3c(c2)c(OC)nn3C)ncc1C#CCCCNC(=O)[C@@H]1CCCN1C(=O)/C=C/CN(C)C. The maximum absolute atomic E-state index is 12.8. The van der Waals surface area contributed by atoms with Crippen molar-refractivity contribution in [1.29, 1.82) is 0 Å². The van der Waals surface area contributed by atoms with Crippen molar-refractivity contribution in [3.05, 3.63) is 36.2 Å². The van der Waals surface area contributed by atoms with Gasteiger partial charge in [-0.15, -0.1) is 5.10 Å². The second-order valence-electron chi connectivity index (χ2n) is 10.8. The fraction of sp³-hybridized carbons (Fsp3) is 0.484. The lowest BCUT2D eigenvalue weighted by Crippen LogP contribution is -2.45. The van der Waals surface area contributed by atoms with Crippen LogP contribution in [0.2, 0.25) is 0 Å². The van der Waals surface area contributed by atoms with E-state index in [9.17, 15) is 9.59 Å². The first-order valence-corrected chi connectivity index (χ1v) is 14.9. The van der Waals surface area contributed by atoms with Gasteiger partial charge in [-0.2, -0.15) is 4.98 Å². The molecule has 0 saturated carbocycles. The Balaban J connectivity index is 1.31. The van der Waals surface area contributed by atoms with E-state index < -0.39 is 6.04 Å². The molecule has 0 aliphatic carbocycles. The van der Waals surface area contributed by atoms with Gasteiger partial charge in [-0.05, 0) is 45.8 Å². The van der Waals surface area contributed by atoms with Crippen molar-refractivity contribution in [2.24, 2.45) is 7.05 Å². The molecule has 0 radical (unpaired) electrons. The third-order valence-corrected chi connectivity index (χ3v) is 7.00. The number of pyridine rings is 1. The lowest BCUT2D eigenvalue weighted by atomic mass is 10.2. The van der Waals surface area contributed by atoms with Crippen LogP contribution in [0, 0.1) is 11.8 Å². The van der Waals surface area contributed by atoms with E-state index in [1.165, 1.54) is 0 Å². The molecule has 4 rings (SSSR count). The van der Waals surface area contributed by atoms with Crippen LogP contribution in [0.15, 0.2) is 30.6 Å². The Kier molecular flexibility index (Phi) is 11.5. The predicted molar refractivity (Wildman–Crippen MR) is 171 cm³/mol. The quantitative estimate of drug-likeness (QED) is 0.152. The van der Waals surface area contributed by atoms with E-state index in [0.29, 0.717) is 73.4 Å². The van der Waals surface area contributed by atoms with Crippen LogP contribution in [0.5, 0.6) is 5.88 Å². The molecule has 4 heterocycles. The van der Waals surface area contributed by atoms with Crippen molar-refractivity contribution in [3.63, 3.8) is 0 Å². The smallest absolute Gasteiger partial charge is 0.246 e. The standard InChI is InChI=1S/C31H42N10O3/c1-6-15-32-27-22(20-35-31(37-27)36-23-19-24-28(34-21-23)40(4)38-30(24)44-5)12-8-7-9-16-33-29(43)25-13-10-18-41(25)26(42)14-11-17-39(2)3/h11,14,19-21,25H,6-7,9-10,13,15-18H2,1-5H3,(H,33,43)(H2,32,35,36,37)/b14-11+/t25-/m0/s1. The summed E-state index contributed by atoms with van der Waals surface area (Å²) in [4.78, 5) is 42.6. The molecule has 1 aliphatic heterocycles. The molecule has 13 heteroatoms. The molecule has 13 nitrogen and oxygen atoms in total. The van der Waals surface area contributed by atoms with Crippen LogP contribution < -0.4 is 20.7 Å². The number of hydrogen-bond acceptors (Lipinski definition) is 10. The molecule has 3 aromatic heterocycles. The number of likely N-dealkylation sites (tertiary alicyclic amines) is 1. The monoisotopic (exact) mass is 602 g/mol. The summed E-state index contributed by atoms with van der Waals surface area (Å²) in [6.45, 7) is 4.59. The van der Waals surface area contributed by atoms with Crippen molar-refractivity contribution >= 4 is 40.3 Å². The maximum Gasteiger partial charge on any atom is 0.246 e. The molecule has 3 N–H and O–H groups in total. The van der Waals surface area contributed by atoms with Gasteiger partial charge in [0.2, 0.25) is 23.6 Å². The van der Waals surface area contributed by atoms with Crippen molar-refractivity contribution in [2.45, 2.75) is 45.1 Å². The molecular weight excluding hydrogens is 560 g/mol. The van der Waals surface area contributed by atoms with E-state index in [4.69, 9.17) is 4.74 Å². The molecule has 2 amide bonds. The van der Waals surface area contributed by atoms with Gasteiger partial charge in [0.1, 0.15) is 11.9 Å². The molecular formula is C31H42N10O3. The molecule has 1 aliphatic rings. The average molecular weight is 603 g/mol.